The van der Waals surface area contributed by atoms with Gasteiger partial charge in [0.05, 0.1) is 37.7 Å². The van der Waals surface area contributed by atoms with Crippen LogP contribution in [0.5, 0.6) is 5.75 Å². The summed E-state index contributed by atoms with van der Waals surface area (Å²) in [5.74, 6) is 1.03. The maximum absolute atomic E-state index is 6.77. The number of nitrogens with one attached hydrogen (secondary N) is 2. The molecule has 0 bridgehead atoms. The van der Waals surface area contributed by atoms with Gasteiger partial charge in [0.25, 0.3) is 0 Å². The first-order valence-corrected chi connectivity index (χ1v) is 11.3. The number of para-hydroxylation sites is 1. The van der Waals surface area contributed by atoms with E-state index in [1.165, 1.54) is 22.4 Å². The van der Waals surface area contributed by atoms with E-state index < -0.39 is 0 Å². The van der Waals surface area contributed by atoms with Gasteiger partial charge in [-0.1, -0.05) is 78.9 Å². The summed E-state index contributed by atoms with van der Waals surface area (Å²) in [5, 5.41) is 2.39. The Bertz CT molecular complexity index is 1090. The van der Waals surface area contributed by atoms with E-state index in [4.69, 9.17) is 4.74 Å². The van der Waals surface area contributed by atoms with E-state index in [1.807, 2.05) is 0 Å². The highest BCUT2D eigenvalue weighted by molar-refractivity contribution is 5.67. The molecule has 2 N–H and O–H groups in total. The van der Waals surface area contributed by atoms with Crippen molar-refractivity contribution in [2.45, 2.75) is 31.2 Å². The zero-order chi connectivity index (χ0) is 20.7. The van der Waals surface area contributed by atoms with Gasteiger partial charge in [-0.15, -0.1) is 0 Å². The molecule has 0 aliphatic carbocycles. The summed E-state index contributed by atoms with van der Waals surface area (Å²) >= 11 is 0. The second-order valence-corrected chi connectivity index (χ2v) is 8.87. The van der Waals surface area contributed by atoms with Crippen molar-refractivity contribution >= 4 is 5.70 Å². The average molecular weight is 411 g/mol. The third-order valence-corrected chi connectivity index (χ3v) is 6.94. The Labute approximate surface area is 183 Å². The molecular weight excluding hydrogens is 382 g/mol. The first-order chi connectivity index (χ1) is 15.3. The molecule has 4 nitrogen and oxygen atoms in total. The SMILES string of the molecule is C1=C(c2ccccc2)NN2[C@@H]1c1ccccc1OC21CC[NH+](Cc2ccccc2)CC1. The lowest BCUT2D eigenvalue weighted by atomic mass is 9.92. The average Bonchev–Trinajstić information content (AvgIpc) is 3.29. The number of benzene rings is 3. The monoisotopic (exact) mass is 410 g/mol. The molecule has 31 heavy (non-hydrogen) atoms. The number of nitrogens with zero attached hydrogens (tertiary/aromatic N) is 1. The van der Waals surface area contributed by atoms with Gasteiger partial charge in [0.15, 0.2) is 5.72 Å². The standard InChI is InChI=1S/C27H27N3O/c1-3-9-21(10-4-1)20-29-17-15-27(16-18-29)30-25(23-13-7-8-14-26(23)31-27)19-24(28-30)22-11-5-2-6-12-22/h1-14,19,25,28H,15-18,20H2/p+1/t25-/m0/s1. The molecular formula is C27H28N3O+. The highest BCUT2D eigenvalue weighted by atomic mass is 16.5. The molecule has 0 aromatic heterocycles. The van der Waals surface area contributed by atoms with Crippen LogP contribution in [0.3, 0.4) is 0 Å². The van der Waals surface area contributed by atoms with Gasteiger partial charge in [0.2, 0.25) is 0 Å². The van der Waals surface area contributed by atoms with Gasteiger partial charge in [-0.3, -0.25) is 0 Å². The summed E-state index contributed by atoms with van der Waals surface area (Å²) in [6.07, 6.45) is 4.37. The zero-order valence-electron chi connectivity index (χ0n) is 17.6. The summed E-state index contributed by atoms with van der Waals surface area (Å²) < 4.78 is 6.77. The number of hydrogen-bond acceptors (Lipinski definition) is 3. The Hall–Kier alpha value is -3.08. The Morgan fingerprint density at radius 3 is 2.32 bits per heavy atom. The van der Waals surface area contributed by atoms with E-state index in [2.05, 4.69) is 101 Å². The van der Waals surface area contributed by atoms with Crippen LogP contribution < -0.4 is 15.1 Å². The minimum absolute atomic E-state index is 0.191. The summed E-state index contributed by atoms with van der Waals surface area (Å²) in [5.41, 5.74) is 8.46. The number of quaternary nitrogens is 1. The van der Waals surface area contributed by atoms with E-state index in [1.54, 1.807) is 4.90 Å². The molecule has 3 aliphatic rings. The molecule has 0 saturated carbocycles. The molecule has 0 unspecified atom stereocenters. The van der Waals surface area contributed by atoms with Gasteiger partial charge in [0.1, 0.15) is 12.3 Å². The third-order valence-electron chi connectivity index (χ3n) is 6.94. The van der Waals surface area contributed by atoms with Crippen molar-refractivity contribution in [3.05, 3.63) is 108 Å². The van der Waals surface area contributed by atoms with Crippen LogP contribution in [0, 0.1) is 0 Å². The molecule has 156 valence electrons. The Balaban J connectivity index is 1.28. The Morgan fingerprint density at radius 2 is 1.55 bits per heavy atom. The maximum Gasteiger partial charge on any atom is 0.191 e. The number of likely N-dealkylation sites (tertiary alicyclic amines) is 1. The summed E-state index contributed by atoms with van der Waals surface area (Å²) in [6, 6.07) is 30.1. The predicted octanol–water partition coefficient (Wildman–Crippen LogP) is 3.56. The van der Waals surface area contributed by atoms with Gasteiger partial charge >= 0.3 is 0 Å². The van der Waals surface area contributed by atoms with E-state index in [9.17, 15) is 0 Å². The van der Waals surface area contributed by atoms with Crippen molar-refractivity contribution < 1.29 is 9.64 Å². The van der Waals surface area contributed by atoms with Gasteiger partial charge in [0, 0.05) is 11.1 Å². The number of ether oxygens (including phenoxy) is 1. The molecule has 0 radical (unpaired) electrons. The first-order valence-electron chi connectivity index (χ1n) is 11.3. The topological polar surface area (TPSA) is 28.9 Å². The van der Waals surface area contributed by atoms with E-state index in [0.29, 0.717) is 0 Å². The zero-order valence-corrected chi connectivity index (χ0v) is 17.6. The quantitative estimate of drug-likeness (QED) is 0.692. The smallest absolute Gasteiger partial charge is 0.191 e. The van der Waals surface area contributed by atoms with Crippen molar-refractivity contribution in [2.75, 3.05) is 13.1 Å². The Morgan fingerprint density at radius 1 is 0.871 bits per heavy atom. The fourth-order valence-electron chi connectivity index (χ4n) is 5.30. The van der Waals surface area contributed by atoms with Crippen LogP contribution in [0.1, 0.15) is 35.6 Å². The fourth-order valence-corrected chi connectivity index (χ4v) is 5.30. The summed E-state index contributed by atoms with van der Waals surface area (Å²) in [4.78, 5) is 1.63. The number of rotatable bonds is 3. The van der Waals surface area contributed by atoms with Crippen LogP contribution in [0.2, 0.25) is 0 Å². The van der Waals surface area contributed by atoms with Crippen LogP contribution in [-0.4, -0.2) is 23.8 Å². The highest BCUT2D eigenvalue weighted by Crippen LogP contribution is 2.47. The predicted molar refractivity (Wildman–Crippen MR) is 122 cm³/mol. The molecule has 4 heteroatoms. The van der Waals surface area contributed by atoms with Gasteiger partial charge in [-0.25, -0.2) is 0 Å². The number of hydrazine groups is 1. The molecule has 3 heterocycles. The molecule has 3 aromatic rings. The molecule has 1 saturated heterocycles. The largest absolute Gasteiger partial charge is 0.470 e. The number of fused-ring (bicyclic) bond motifs is 4. The lowest BCUT2D eigenvalue weighted by molar-refractivity contribution is -0.921. The van der Waals surface area contributed by atoms with Crippen LogP contribution in [0.25, 0.3) is 5.70 Å². The Kier molecular flexibility index (Phi) is 4.55. The number of hydrogen-bond donors (Lipinski definition) is 2. The molecule has 3 aliphatic heterocycles. The normalized spacial score (nSPS) is 27.0. The summed E-state index contributed by atoms with van der Waals surface area (Å²) in [6.45, 7) is 3.28. The van der Waals surface area contributed by atoms with Crippen LogP contribution in [0.4, 0.5) is 0 Å². The van der Waals surface area contributed by atoms with Crippen LogP contribution in [-0.2, 0) is 6.54 Å². The molecule has 1 fully saturated rings. The van der Waals surface area contributed by atoms with Gasteiger partial charge in [-0.2, -0.15) is 5.01 Å². The minimum Gasteiger partial charge on any atom is -0.470 e. The minimum atomic E-state index is -0.313. The van der Waals surface area contributed by atoms with Crippen LogP contribution in [0.15, 0.2) is 91.0 Å². The second-order valence-electron chi connectivity index (χ2n) is 8.87. The third kappa shape index (κ3) is 3.32. The van der Waals surface area contributed by atoms with Crippen molar-refractivity contribution in [3.63, 3.8) is 0 Å². The van der Waals surface area contributed by atoms with Crippen molar-refractivity contribution in [1.29, 1.82) is 0 Å². The van der Waals surface area contributed by atoms with Gasteiger partial charge < -0.3 is 15.1 Å². The fraction of sp³-hybridized carbons (Fsp3) is 0.259. The maximum atomic E-state index is 6.77. The first kappa shape index (κ1) is 18.7. The van der Waals surface area contributed by atoms with Crippen molar-refractivity contribution in [2.24, 2.45) is 0 Å². The second kappa shape index (κ2) is 7.56. The summed E-state index contributed by atoms with van der Waals surface area (Å²) in [7, 11) is 0. The molecule has 1 spiro atoms. The lowest BCUT2D eigenvalue weighted by Crippen LogP contribution is -3.12. The van der Waals surface area contributed by atoms with E-state index >= 15 is 0 Å². The number of piperidine rings is 1. The van der Waals surface area contributed by atoms with Crippen molar-refractivity contribution in [3.8, 4) is 5.75 Å². The van der Waals surface area contributed by atoms with Crippen LogP contribution >= 0.6 is 0 Å². The van der Waals surface area contributed by atoms with E-state index in [0.717, 1.165) is 38.2 Å². The van der Waals surface area contributed by atoms with Gasteiger partial charge in [-0.05, 0) is 17.7 Å². The van der Waals surface area contributed by atoms with Crippen molar-refractivity contribution in [1.82, 2.24) is 10.4 Å². The molecule has 6 rings (SSSR count). The lowest BCUT2D eigenvalue weighted by Gasteiger charge is -2.50. The molecule has 3 aromatic carbocycles. The van der Waals surface area contributed by atoms with E-state index in [-0.39, 0.29) is 11.8 Å². The molecule has 0 amide bonds. The highest BCUT2D eigenvalue weighted by Gasteiger charge is 2.52. The molecule has 1 atom stereocenters.